The average Bonchev–Trinajstić information content (AvgIpc) is 2.26. The largest absolute Gasteiger partial charge is 0.327 e. The predicted octanol–water partition coefficient (Wildman–Crippen LogP) is 3.73. The van der Waals surface area contributed by atoms with E-state index in [0.717, 1.165) is 11.6 Å². The smallest absolute Gasteiger partial charge is 0.126 e. The molecule has 0 radical (unpaired) electrons. The van der Waals surface area contributed by atoms with Crippen LogP contribution in [0.3, 0.4) is 0 Å². The summed E-state index contributed by atoms with van der Waals surface area (Å²) < 4.78 is 26.1. The third-order valence-electron chi connectivity index (χ3n) is 2.81. The van der Waals surface area contributed by atoms with E-state index in [1.165, 1.54) is 12.1 Å². The molecule has 2 rings (SSSR count). The number of halogens is 3. The predicted molar refractivity (Wildman–Crippen MR) is 73.2 cm³/mol. The molecule has 0 amide bonds. The van der Waals surface area contributed by atoms with Gasteiger partial charge in [0.25, 0.3) is 0 Å². The van der Waals surface area contributed by atoms with Crippen LogP contribution < -0.4 is 5.73 Å². The van der Waals surface area contributed by atoms with E-state index in [1.807, 2.05) is 18.2 Å². The topological polar surface area (TPSA) is 26.0 Å². The number of rotatable bonds is 4. The molecule has 100 valence electrons. The molecule has 0 aliphatic heterocycles. The summed E-state index contributed by atoms with van der Waals surface area (Å²) in [6, 6.07) is 10.7. The molecule has 0 fully saturated rings. The zero-order chi connectivity index (χ0) is 13.8. The molecule has 2 N–H and O–H groups in total. The molecule has 0 saturated heterocycles. The first-order valence-electron chi connectivity index (χ1n) is 5.98. The van der Waals surface area contributed by atoms with Crippen molar-refractivity contribution in [2.24, 2.45) is 5.73 Å². The Balaban J connectivity index is 2.03. The Bertz CT molecular complexity index is 552. The fourth-order valence-electron chi connectivity index (χ4n) is 2.07. The van der Waals surface area contributed by atoms with Gasteiger partial charge in [-0.05, 0) is 48.2 Å². The maximum atomic E-state index is 13.1. The van der Waals surface area contributed by atoms with Gasteiger partial charge in [0.1, 0.15) is 11.6 Å². The molecular weight excluding hydrogens is 268 g/mol. The fourth-order valence-corrected chi connectivity index (χ4v) is 2.28. The monoisotopic (exact) mass is 281 g/mol. The Morgan fingerprint density at radius 2 is 1.58 bits per heavy atom. The Labute approximate surface area is 116 Å². The number of hydrogen-bond donors (Lipinski definition) is 1. The minimum atomic E-state index is -0.579. The second-order valence-corrected chi connectivity index (χ2v) is 5.01. The molecule has 2 aromatic rings. The van der Waals surface area contributed by atoms with Crippen molar-refractivity contribution in [2.75, 3.05) is 0 Å². The number of benzene rings is 2. The van der Waals surface area contributed by atoms with Crippen molar-refractivity contribution in [2.45, 2.75) is 18.9 Å². The second kappa shape index (κ2) is 6.13. The van der Waals surface area contributed by atoms with Gasteiger partial charge in [0.05, 0.1) is 0 Å². The van der Waals surface area contributed by atoms with Crippen molar-refractivity contribution in [3.05, 3.63) is 70.2 Å². The van der Waals surface area contributed by atoms with Crippen LogP contribution in [0.15, 0.2) is 42.5 Å². The van der Waals surface area contributed by atoms with Crippen LogP contribution in [0.1, 0.15) is 11.1 Å². The minimum Gasteiger partial charge on any atom is -0.327 e. The molecule has 19 heavy (non-hydrogen) atoms. The van der Waals surface area contributed by atoms with Gasteiger partial charge in [0.2, 0.25) is 0 Å². The zero-order valence-corrected chi connectivity index (χ0v) is 11.0. The molecule has 1 unspecified atom stereocenters. The lowest BCUT2D eigenvalue weighted by Gasteiger charge is -2.12. The first-order valence-corrected chi connectivity index (χ1v) is 6.36. The highest BCUT2D eigenvalue weighted by Crippen LogP contribution is 2.14. The summed E-state index contributed by atoms with van der Waals surface area (Å²) in [5.74, 6) is -1.16. The fraction of sp³-hybridized carbons (Fsp3) is 0.200. The van der Waals surface area contributed by atoms with Crippen LogP contribution in [0, 0.1) is 11.6 Å². The summed E-state index contributed by atoms with van der Waals surface area (Å²) in [5.41, 5.74) is 7.57. The number of nitrogens with two attached hydrogens (primary N) is 1. The van der Waals surface area contributed by atoms with E-state index < -0.39 is 11.6 Å². The molecule has 0 aromatic heterocycles. The molecule has 2 aromatic carbocycles. The van der Waals surface area contributed by atoms with Crippen LogP contribution in [0.4, 0.5) is 8.78 Å². The van der Waals surface area contributed by atoms with Crippen molar-refractivity contribution in [3.63, 3.8) is 0 Å². The van der Waals surface area contributed by atoms with E-state index in [2.05, 4.69) is 0 Å². The lowest BCUT2D eigenvalue weighted by atomic mass is 9.99. The van der Waals surface area contributed by atoms with Crippen LogP contribution in [0.25, 0.3) is 0 Å². The Morgan fingerprint density at radius 1 is 0.947 bits per heavy atom. The van der Waals surface area contributed by atoms with Gasteiger partial charge < -0.3 is 5.73 Å². The van der Waals surface area contributed by atoms with Gasteiger partial charge >= 0.3 is 0 Å². The summed E-state index contributed by atoms with van der Waals surface area (Å²) in [7, 11) is 0. The first-order chi connectivity index (χ1) is 9.02. The quantitative estimate of drug-likeness (QED) is 0.908. The van der Waals surface area contributed by atoms with E-state index in [0.29, 0.717) is 23.4 Å². The van der Waals surface area contributed by atoms with Gasteiger partial charge in [-0.25, -0.2) is 8.78 Å². The summed E-state index contributed by atoms with van der Waals surface area (Å²) in [6.07, 6.45) is 1.03. The van der Waals surface area contributed by atoms with Crippen LogP contribution in [-0.4, -0.2) is 6.04 Å². The molecule has 1 nitrogen and oxygen atoms in total. The molecule has 0 aliphatic carbocycles. The van der Waals surface area contributed by atoms with Crippen molar-refractivity contribution in [1.82, 2.24) is 0 Å². The zero-order valence-electron chi connectivity index (χ0n) is 10.2. The lowest BCUT2D eigenvalue weighted by Crippen LogP contribution is -2.25. The van der Waals surface area contributed by atoms with Crippen LogP contribution >= 0.6 is 11.6 Å². The Kier molecular flexibility index (Phi) is 4.51. The van der Waals surface area contributed by atoms with Gasteiger partial charge in [-0.15, -0.1) is 0 Å². The molecule has 4 heteroatoms. The van der Waals surface area contributed by atoms with Crippen LogP contribution in [0.2, 0.25) is 5.02 Å². The standard InChI is InChI=1S/C15H14ClF2N/c16-12-3-1-2-10(4-12)7-15(19)8-11-5-13(17)9-14(18)6-11/h1-6,9,15H,7-8,19H2. The molecule has 1 atom stereocenters. The van der Waals surface area contributed by atoms with Crippen molar-refractivity contribution in [3.8, 4) is 0 Å². The van der Waals surface area contributed by atoms with Gasteiger partial charge in [-0.2, -0.15) is 0 Å². The third-order valence-corrected chi connectivity index (χ3v) is 3.04. The number of hydrogen-bond acceptors (Lipinski definition) is 1. The molecule has 0 heterocycles. The van der Waals surface area contributed by atoms with Gasteiger partial charge in [0.15, 0.2) is 0 Å². The highest BCUT2D eigenvalue weighted by atomic mass is 35.5. The maximum absolute atomic E-state index is 13.1. The van der Waals surface area contributed by atoms with Crippen LogP contribution in [-0.2, 0) is 12.8 Å². The lowest BCUT2D eigenvalue weighted by molar-refractivity contribution is 0.574. The molecule has 0 spiro atoms. The first kappa shape index (κ1) is 14.0. The van der Waals surface area contributed by atoms with E-state index in [4.69, 9.17) is 17.3 Å². The highest BCUT2D eigenvalue weighted by molar-refractivity contribution is 6.30. The average molecular weight is 282 g/mol. The normalized spacial score (nSPS) is 12.4. The third kappa shape index (κ3) is 4.30. The molecule has 0 bridgehead atoms. The molecule has 0 aliphatic rings. The van der Waals surface area contributed by atoms with Gasteiger partial charge in [-0.3, -0.25) is 0 Å². The van der Waals surface area contributed by atoms with Crippen molar-refractivity contribution in [1.29, 1.82) is 0 Å². The van der Waals surface area contributed by atoms with E-state index in [-0.39, 0.29) is 6.04 Å². The Hall–Kier alpha value is -1.45. The SMILES string of the molecule is NC(Cc1cc(F)cc(F)c1)Cc1cccc(Cl)c1. The Morgan fingerprint density at radius 3 is 2.21 bits per heavy atom. The second-order valence-electron chi connectivity index (χ2n) is 4.58. The maximum Gasteiger partial charge on any atom is 0.126 e. The van der Waals surface area contributed by atoms with Gasteiger partial charge in [-0.1, -0.05) is 23.7 Å². The molecular formula is C15H14ClF2N. The van der Waals surface area contributed by atoms with E-state index in [1.54, 1.807) is 6.07 Å². The minimum absolute atomic E-state index is 0.209. The summed E-state index contributed by atoms with van der Waals surface area (Å²) in [5, 5.41) is 0.654. The van der Waals surface area contributed by atoms with E-state index >= 15 is 0 Å². The van der Waals surface area contributed by atoms with E-state index in [9.17, 15) is 8.78 Å². The van der Waals surface area contributed by atoms with Gasteiger partial charge in [0, 0.05) is 17.1 Å². The summed E-state index contributed by atoms with van der Waals surface area (Å²) >= 11 is 5.89. The summed E-state index contributed by atoms with van der Waals surface area (Å²) in [4.78, 5) is 0. The molecule has 0 saturated carbocycles. The highest BCUT2D eigenvalue weighted by Gasteiger charge is 2.08. The van der Waals surface area contributed by atoms with Crippen molar-refractivity contribution >= 4 is 11.6 Å². The summed E-state index contributed by atoms with van der Waals surface area (Å²) in [6.45, 7) is 0. The van der Waals surface area contributed by atoms with Crippen molar-refractivity contribution < 1.29 is 8.78 Å². The van der Waals surface area contributed by atoms with Crippen LogP contribution in [0.5, 0.6) is 0 Å².